The predicted octanol–water partition coefficient (Wildman–Crippen LogP) is 1.93. The summed E-state index contributed by atoms with van der Waals surface area (Å²) in [5, 5.41) is 5.94. The third-order valence-electron chi connectivity index (χ3n) is 3.70. The number of likely N-dealkylation sites (N-methyl/N-ethyl adjacent to an activating group) is 1. The predicted molar refractivity (Wildman–Crippen MR) is 77.5 cm³/mol. The molecule has 0 radical (unpaired) electrons. The molecule has 0 aliphatic rings. The molecule has 1 aromatic carbocycles. The number of carbonyl (C=O) groups excluding carboxylic acids is 1. The van der Waals surface area contributed by atoms with E-state index in [0.29, 0.717) is 6.54 Å². The van der Waals surface area contributed by atoms with Gasteiger partial charge in [0.05, 0.1) is 12.6 Å². The summed E-state index contributed by atoms with van der Waals surface area (Å²) in [6.45, 7) is 8.31. The molecule has 1 amide bonds. The van der Waals surface area contributed by atoms with Gasteiger partial charge in [0.1, 0.15) is 5.75 Å². The lowest BCUT2D eigenvalue weighted by Crippen LogP contribution is -2.50. The molecule has 0 unspecified atom stereocenters. The molecule has 1 aromatic rings. The number of hydrogen-bond donors (Lipinski definition) is 2. The minimum Gasteiger partial charge on any atom is -0.496 e. The maximum atomic E-state index is 12.0. The van der Waals surface area contributed by atoms with Crippen LogP contribution in [0.4, 0.5) is 0 Å². The van der Waals surface area contributed by atoms with Gasteiger partial charge in [-0.1, -0.05) is 6.07 Å². The molecule has 2 N–H and O–H groups in total. The Morgan fingerprint density at radius 1 is 1.26 bits per heavy atom. The molecule has 0 aliphatic heterocycles. The van der Waals surface area contributed by atoms with E-state index in [-0.39, 0.29) is 5.91 Å². The van der Waals surface area contributed by atoms with Crippen molar-refractivity contribution in [1.29, 1.82) is 0 Å². The third-order valence-corrected chi connectivity index (χ3v) is 3.70. The molecule has 1 rings (SSSR count). The average molecular weight is 264 g/mol. The number of benzene rings is 1. The van der Waals surface area contributed by atoms with Gasteiger partial charge >= 0.3 is 0 Å². The van der Waals surface area contributed by atoms with Crippen molar-refractivity contribution < 1.29 is 9.53 Å². The van der Waals surface area contributed by atoms with Crippen LogP contribution < -0.4 is 15.4 Å². The molecule has 0 aliphatic carbocycles. The molecule has 0 atom stereocenters. The monoisotopic (exact) mass is 264 g/mol. The normalized spacial score (nSPS) is 11.3. The summed E-state index contributed by atoms with van der Waals surface area (Å²) in [6.07, 6.45) is 0. The standard InChI is InChI=1S/C15H24N2O2/c1-10-11(2)13(19-6)8-7-12(10)9-17-14(18)15(3,4)16-5/h7-8,16H,9H2,1-6H3,(H,17,18). The fourth-order valence-corrected chi connectivity index (χ4v) is 1.77. The zero-order valence-electron chi connectivity index (χ0n) is 12.7. The number of rotatable bonds is 5. The number of methoxy groups -OCH3 is 1. The summed E-state index contributed by atoms with van der Waals surface area (Å²) < 4.78 is 5.28. The number of carbonyl (C=O) groups is 1. The van der Waals surface area contributed by atoms with Crippen LogP contribution in [0.25, 0.3) is 0 Å². The minimum absolute atomic E-state index is 0.0112. The lowest BCUT2D eigenvalue weighted by molar-refractivity contribution is -0.126. The molecule has 0 aromatic heterocycles. The number of nitrogens with one attached hydrogen (secondary N) is 2. The van der Waals surface area contributed by atoms with E-state index >= 15 is 0 Å². The SMILES string of the molecule is CNC(C)(C)C(=O)NCc1ccc(OC)c(C)c1C. The summed E-state index contributed by atoms with van der Waals surface area (Å²) in [5.41, 5.74) is 2.82. The van der Waals surface area contributed by atoms with Crippen molar-refractivity contribution in [1.82, 2.24) is 10.6 Å². The molecule has 0 saturated carbocycles. The number of ether oxygens (including phenoxy) is 1. The van der Waals surface area contributed by atoms with Gasteiger partial charge < -0.3 is 15.4 Å². The minimum atomic E-state index is -0.560. The Kier molecular flexibility index (Phi) is 4.95. The number of hydrogen-bond acceptors (Lipinski definition) is 3. The van der Waals surface area contributed by atoms with Gasteiger partial charge in [-0.15, -0.1) is 0 Å². The maximum absolute atomic E-state index is 12.0. The van der Waals surface area contributed by atoms with E-state index in [1.54, 1.807) is 14.2 Å². The Morgan fingerprint density at radius 3 is 2.42 bits per heavy atom. The molecule has 19 heavy (non-hydrogen) atoms. The Morgan fingerprint density at radius 2 is 1.89 bits per heavy atom. The van der Waals surface area contributed by atoms with E-state index in [9.17, 15) is 4.79 Å². The van der Waals surface area contributed by atoms with Gasteiger partial charge in [-0.2, -0.15) is 0 Å². The van der Waals surface area contributed by atoms with Crippen LogP contribution in [-0.2, 0) is 11.3 Å². The molecular weight excluding hydrogens is 240 g/mol. The molecule has 0 fully saturated rings. The first kappa shape index (κ1) is 15.5. The van der Waals surface area contributed by atoms with E-state index < -0.39 is 5.54 Å². The summed E-state index contributed by atoms with van der Waals surface area (Å²) in [6, 6.07) is 3.93. The summed E-state index contributed by atoms with van der Waals surface area (Å²) >= 11 is 0. The van der Waals surface area contributed by atoms with Crippen molar-refractivity contribution in [3.8, 4) is 5.75 Å². The molecule has 4 nitrogen and oxygen atoms in total. The van der Waals surface area contributed by atoms with Crippen molar-refractivity contribution in [3.63, 3.8) is 0 Å². The van der Waals surface area contributed by atoms with Crippen molar-refractivity contribution in [2.45, 2.75) is 39.8 Å². The highest BCUT2D eigenvalue weighted by molar-refractivity contribution is 5.85. The van der Waals surface area contributed by atoms with E-state index in [4.69, 9.17) is 4.74 Å². The summed E-state index contributed by atoms with van der Waals surface area (Å²) in [4.78, 5) is 12.0. The summed E-state index contributed by atoms with van der Waals surface area (Å²) in [5.74, 6) is 0.867. The van der Waals surface area contributed by atoms with E-state index in [2.05, 4.69) is 10.6 Å². The number of amides is 1. The van der Waals surface area contributed by atoms with Crippen LogP contribution in [0.15, 0.2) is 12.1 Å². The van der Waals surface area contributed by atoms with Gasteiger partial charge in [0.25, 0.3) is 0 Å². The first-order valence-corrected chi connectivity index (χ1v) is 6.43. The Bertz CT molecular complexity index is 467. The second-order valence-electron chi connectivity index (χ2n) is 5.23. The molecule has 4 heteroatoms. The van der Waals surface area contributed by atoms with Crippen molar-refractivity contribution in [2.75, 3.05) is 14.2 Å². The lowest BCUT2D eigenvalue weighted by atomic mass is 10.0. The van der Waals surface area contributed by atoms with Gasteiger partial charge in [0.2, 0.25) is 5.91 Å². The van der Waals surface area contributed by atoms with Crippen LogP contribution in [0.2, 0.25) is 0 Å². The Balaban J connectivity index is 2.80. The third kappa shape index (κ3) is 3.47. The molecule has 0 saturated heterocycles. The van der Waals surface area contributed by atoms with Gasteiger partial charge in [0, 0.05) is 6.54 Å². The lowest BCUT2D eigenvalue weighted by Gasteiger charge is -2.23. The van der Waals surface area contributed by atoms with E-state index in [0.717, 1.165) is 22.4 Å². The largest absolute Gasteiger partial charge is 0.496 e. The highest BCUT2D eigenvalue weighted by Crippen LogP contribution is 2.23. The summed E-state index contributed by atoms with van der Waals surface area (Å²) in [7, 11) is 3.45. The average Bonchev–Trinajstić information content (AvgIpc) is 2.40. The van der Waals surface area contributed by atoms with Crippen molar-refractivity contribution in [3.05, 3.63) is 28.8 Å². The van der Waals surface area contributed by atoms with Gasteiger partial charge in [-0.3, -0.25) is 4.79 Å². The zero-order chi connectivity index (χ0) is 14.6. The fraction of sp³-hybridized carbons (Fsp3) is 0.533. The first-order chi connectivity index (χ1) is 8.83. The van der Waals surface area contributed by atoms with Gasteiger partial charge in [0.15, 0.2) is 0 Å². The maximum Gasteiger partial charge on any atom is 0.239 e. The molecule has 0 spiro atoms. The van der Waals surface area contributed by atoms with E-state index in [1.165, 1.54) is 0 Å². The van der Waals surface area contributed by atoms with Crippen molar-refractivity contribution in [2.24, 2.45) is 0 Å². The molecule has 0 bridgehead atoms. The Hall–Kier alpha value is -1.55. The second kappa shape index (κ2) is 6.06. The quantitative estimate of drug-likeness (QED) is 0.854. The molecule has 0 heterocycles. The highest BCUT2D eigenvalue weighted by Gasteiger charge is 2.24. The van der Waals surface area contributed by atoms with Crippen LogP contribution in [0.3, 0.4) is 0 Å². The second-order valence-corrected chi connectivity index (χ2v) is 5.23. The highest BCUT2D eigenvalue weighted by atomic mass is 16.5. The van der Waals surface area contributed by atoms with Crippen LogP contribution in [-0.4, -0.2) is 25.6 Å². The topological polar surface area (TPSA) is 50.4 Å². The van der Waals surface area contributed by atoms with Crippen LogP contribution in [0, 0.1) is 13.8 Å². The van der Waals surface area contributed by atoms with Gasteiger partial charge in [-0.05, 0) is 57.5 Å². The van der Waals surface area contributed by atoms with Gasteiger partial charge in [-0.25, -0.2) is 0 Å². The zero-order valence-corrected chi connectivity index (χ0v) is 12.7. The van der Waals surface area contributed by atoms with Crippen LogP contribution >= 0.6 is 0 Å². The van der Waals surface area contributed by atoms with Crippen LogP contribution in [0.1, 0.15) is 30.5 Å². The molecule has 106 valence electrons. The van der Waals surface area contributed by atoms with Crippen LogP contribution in [0.5, 0.6) is 5.75 Å². The smallest absolute Gasteiger partial charge is 0.239 e. The Labute approximate surface area is 115 Å². The fourth-order valence-electron chi connectivity index (χ4n) is 1.77. The van der Waals surface area contributed by atoms with E-state index in [1.807, 2.05) is 39.8 Å². The van der Waals surface area contributed by atoms with Crippen molar-refractivity contribution >= 4 is 5.91 Å². The first-order valence-electron chi connectivity index (χ1n) is 6.43. The molecular formula is C15H24N2O2.